The Bertz CT molecular complexity index is 314. The van der Waals surface area contributed by atoms with E-state index in [9.17, 15) is 9.59 Å². The van der Waals surface area contributed by atoms with Gasteiger partial charge in [0.1, 0.15) is 0 Å². The highest BCUT2D eigenvalue weighted by Crippen LogP contribution is 2.61. The van der Waals surface area contributed by atoms with Crippen molar-refractivity contribution in [2.45, 2.75) is 44.2 Å². The molecule has 0 radical (unpaired) electrons. The summed E-state index contributed by atoms with van der Waals surface area (Å²) in [5.41, 5.74) is -0.825. The minimum Gasteiger partial charge on any atom is -0.211 e. The molecule has 0 amide bonds. The van der Waals surface area contributed by atoms with Gasteiger partial charge in [-0.2, -0.15) is 9.98 Å². The lowest BCUT2D eigenvalue weighted by Gasteiger charge is -2.50. The zero-order chi connectivity index (χ0) is 10.1. The molecule has 0 aromatic heterocycles. The second-order valence-electron chi connectivity index (χ2n) is 4.21. The zero-order valence-electron chi connectivity index (χ0n) is 7.95. The van der Waals surface area contributed by atoms with Gasteiger partial charge in [0.2, 0.25) is 12.2 Å². The van der Waals surface area contributed by atoms with Gasteiger partial charge in [-0.25, -0.2) is 9.59 Å². The Kier molecular flexibility index (Phi) is 2.10. The van der Waals surface area contributed by atoms with E-state index in [0.29, 0.717) is 6.42 Å². The lowest BCUT2D eigenvalue weighted by Crippen LogP contribution is -2.53. The summed E-state index contributed by atoms with van der Waals surface area (Å²) < 4.78 is 0. The van der Waals surface area contributed by atoms with Crippen LogP contribution in [0.1, 0.15) is 38.5 Å². The lowest BCUT2D eigenvalue weighted by atomic mass is 9.58. The maximum atomic E-state index is 10.3. The SMILES string of the molecule is O=C=NC1(N=C=O)CCC12CCCC2. The van der Waals surface area contributed by atoms with Crippen LogP contribution in [0.15, 0.2) is 9.98 Å². The summed E-state index contributed by atoms with van der Waals surface area (Å²) in [6.07, 6.45) is 9.13. The molecule has 0 aliphatic heterocycles. The van der Waals surface area contributed by atoms with Gasteiger partial charge < -0.3 is 0 Å². The Labute approximate surface area is 82.1 Å². The average molecular weight is 192 g/mol. The second kappa shape index (κ2) is 3.16. The standard InChI is InChI=1S/C10H12N2O2/c13-7-11-10(12-8-14)6-5-9(10)3-1-2-4-9/h1-6H2. The number of carbonyl (C=O) groups excluding carboxylic acids is 2. The molecular formula is C10H12N2O2. The third-order valence-electron chi connectivity index (χ3n) is 3.82. The molecule has 2 aliphatic rings. The number of aliphatic imine (C=N–C) groups is 2. The molecule has 2 rings (SSSR count). The average Bonchev–Trinajstić information content (AvgIpc) is 2.67. The first kappa shape index (κ1) is 9.32. The summed E-state index contributed by atoms with van der Waals surface area (Å²) in [7, 11) is 0. The smallest absolute Gasteiger partial charge is 0.211 e. The predicted molar refractivity (Wildman–Crippen MR) is 49.1 cm³/mol. The summed E-state index contributed by atoms with van der Waals surface area (Å²) in [5.74, 6) is 0. The first-order valence-electron chi connectivity index (χ1n) is 4.97. The molecule has 74 valence electrons. The van der Waals surface area contributed by atoms with Crippen LogP contribution in [0.4, 0.5) is 0 Å². The van der Waals surface area contributed by atoms with Crippen LogP contribution >= 0.6 is 0 Å². The Morgan fingerprint density at radius 2 is 1.43 bits per heavy atom. The Hall–Kier alpha value is -1.24. The fourth-order valence-electron chi connectivity index (χ4n) is 2.93. The molecule has 4 nitrogen and oxygen atoms in total. The maximum absolute atomic E-state index is 10.3. The monoisotopic (exact) mass is 192 g/mol. The van der Waals surface area contributed by atoms with Crippen molar-refractivity contribution >= 4 is 12.2 Å². The summed E-state index contributed by atoms with van der Waals surface area (Å²) >= 11 is 0. The molecule has 0 atom stereocenters. The van der Waals surface area contributed by atoms with E-state index in [1.807, 2.05) is 0 Å². The quantitative estimate of drug-likeness (QED) is 0.494. The van der Waals surface area contributed by atoms with Crippen molar-refractivity contribution < 1.29 is 9.59 Å². The van der Waals surface area contributed by atoms with Crippen LogP contribution in [0.3, 0.4) is 0 Å². The largest absolute Gasteiger partial charge is 0.237 e. The third kappa shape index (κ3) is 1.02. The second-order valence-corrected chi connectivity index (χ2v) is 4.21. The van der Waals surface area contributed by atoms with Crippen molar-refractivity contribution in [1.29, 1.82) is 0 Å². The van der Waals surface area contributed by atoms with Gasteiger partial charge in [-0.3, -0.25) is 0 Å². The van der Waals surface area contributed by atoms with Gasteiger partial charge in [-0.1, -0.05) is 12.8 Å². The minimum atomic E-state index is -0.799. The highest BCUT2D eigenvalue weighted by molar-refractivity contribution is 5.41. The fourth-order valence-corrected chi connectivity index (χ4v) is 2.93. The molecule has 0 unspecified atom stereocenters. The van der Waals surface area contributed by atoms with E-state index in [2.05, 4.69) is 9.98 Å². The zero-order valence-corrected chi connectivity index (χ0v) is 7.95. The van der Waals surface area contributed by atoms with Crippen molar-refractivity contribution in [2.24, 2.45) is 15.4 Å². The number of isocyanates is 2. The van der Waals surface area contributed by atoms with Crippen LogP contribution in [-0.2, 0) is 9.59 Å². The van der Waals surface area contributed by atoms with Crippen molar-refractivity contribution in [2.75, 3.05) is 0 Å². The van der Waals surface area contributed by atoms with Crippen LogP contribution in [0.5, 0.6) is 0 Å². The van der Waals surface area contributed by atoms with Gasteiger partial charge in [0.15, 0.2) is 5.66 Å². The van der Waals surface area contributed by atoms with E-state index >= 15 is 0 Å². The normalized spacial score (nSPS) is 32.9. The molecular weight excluding hydrogens is 180 g/mol. The molecule has 0 N–H and O–H groups in total. The van der Waals surface area contributed by atoms with Crippen molar-refractivity contribution in [1.82, 2.24) is 0 Å². The predicted octanol–water partition coefficient (Wildman–Crippen LogP) is 1.71. The molecule has 1 spiro atoms. The molecule has 0 heterocycles. The first-order valence-corrected chi connectivity index (χ1v) is 4.97. The Morgan fingerprint density at radius 3 is 1.79 bits per heavy atom. The van der Waals surface area contributed by atoms with Crippen LogP contribution in [0, 0.1) is 5.41 Å². The van der Waals surface area contributed by atoms with E-state index in [1.54, 1.807) is 12.2 Å². The molecule has 2 aliphatic carbocycles. The summed E-state index contributed by atoms with van der Waals surface area (Å²) in [6.45, 7) is 0. The molecule has 2 saturated carbocycles. The van der Waals surface area contributed by atoms with E-state index in [1.165, 1.54) is 0 Å². The van der Waals surface area contributed by atoms with Crippen LogP contribution < -0.4 is 0 Å². The summed E-state index contributed by atoms with van der Waals surface area (Å²) in [6, 6.07) is 0. The lowest BCUT2D eigenvalue weighted by molar-refractivity contribution is 0.0130. The highest BCUT2D eigenvalue weighted by Gasteiger charge is 2.61. The highest BCUT2D eigenvalue weighted by atomic mass is 16.1. The molecule has 4 heteroatoms. The molecule has 0 aromatic carbocycles. The Balaban J connectivity index is 2.36. The van der Waals surface area contributed by atoms with Gasteiger partial charge >= 0.3 is 0 Å². The van der Waals surface area contributed by atoms with Gasteiger partial charge in [0.25, 0.3) is 0 Å². The molecule has 2 fully saturated rings. The van der Waals surface area contributed by atoms with E-state index in [-0.39, 0.29) is 5.41 Å². The summed E-state index contributed by atoms with van der Waals surface area (Å²) in [4.78, 5) is 28.2. The van der Waals surface area contributed by atoms with Gasteiger partial charge in [0.05, 0.1) is 0 Å². The summed E-state index contributed by atoms with van der Waals surface area (Å²) in [5, 5.41) is 0. The topological polar surface area (TPSA) is 58.9 Å². The molecule has 0 aromatic rings. The van der Waals surface area contributed by atoms with Gasteiger partial charge in [-0.05, 0) is 25.7 Å². The number of rotatable bonds is 2. The number of hydrogen-bond acceptors (Lipinski definition) is 4. The number of nitrogens with zero attached hydrogens (tertiary/aromatic N) is 2. The fraction of sp³-hybridized carbons (Fsp3) is 0.800. The minimum absolute atomic E-state index is 0.0260. The van der Waals surface area contributed by atoms with Crippen LogP contribution in [-0.4, -0.2) is 17.8 Å². The molecule has 14 heavy (non-hydrogen) atoms. The van der Waals surface area contributed by atoms with Crippen molar-refractivity contribution in [3.05, 3.63) is 0 Å². The Morgan fingerprint density at radius 1 is 0.857 bits per heavy atom. The molecule has 0 bridgehead atoms. The van der Waals surface area contributed by atoms with Crippen LogP contribution in [0.2, 0.25) is 0 Å². The molecule has 0 saturated heterocycles. The van der Waals surface area contributed by atoms with Crippen molar-refractivity contribution in [3.8, 4) is 0 Å². The third-order valence-corrected chi connectivity index (χ3v) is 3.82. The first-order chi connectivity index (χ1) is 6.79. The van der Waals surface area contributed by atoms with E-state index in [4.69, 9.17) is 0 Å². The maximum Gasteiger partial charge on any atom is 0.237 e. The van der Waals surface area contributed by atoms with E-state index < -0.39 is 5.66 Å². The van der Waals surface area contributed by atoms with Crippen molar-refractivity contribution in [3.63, 3.8) is 0 Å². The van der Waals surface area contributed by atoms with Crippen LogP contribution in [0.25, 0.3) is 0 Å². The number of hydrogen-bond donors (Lipinski definition) is 0. The van der Waals surface area contributed by atoms with Gasteiger partial charge in [-0.15, -0.1) is 0 Å². The van der Waals surface area contributed by atoms with Gasteiger partial charge in [0, 0.05) is 5.41 Å². The van der Waals surface area contributed by atoms with E-state index in [0.717, 1.165) is 32.1 Å².